The lowest BCUT2D eigenvalue weighted by molar-refractivity contribution is -0.0206. The first kappa shape index (κ1) is 27.2. The Morgan fingerprint density at radius 3 is 2.32 bits per heavy atom. The van der Waals surface area contributed by atoms with Crippen molar-refractivity contribution in [2.45, 2.75) is 79.9 Å². The van der Waals surface area contributed by atoms with Crippen LogP contribution in [0.5, 0.6) is 0 Å². The van der Waals surface area contributed by atoms with Gasteiger partial charge in [-0.3, -0.25) is 9.67 Å². The first-order valence-electron chi connectivity index (χ1n) is 11.8. The Morgan fingerprint density at radius 1 is 1.15 bits per heavy atom. The van der Waals surface area contributed by atoms with Crippen LogP contribution < -0.4 is 0 Å². The summed E-state index contributed by atoms with van der Waals surface area (Å²) < 4.78 is 18.4. The average Bonchev–Trinajstić information content (AvgIpc) is 3.08. The van der Waals surface area contributed by atoms with Crippen LogP contribution in [0, 0.1) is 13.8 Å². The van der Waals surface area contributed by atoms with Crippen molar-refractivity contribution in [1.82, 2.24) is 9.78 Å². The molecule has 1 atom stereocenters. The zero-order chi connectivity index (χ0) is 25.5. The second-order valence-corrected chi connectivity index (χ2v) is 9.33. The molecule has 0 aliphatic carbocycles. The zero-order valence-electron chi connectivity index (χ0n) is 22.1. The van der Waals surface area contributed by atoms with Crippen LogP contribution >= 0.6 is 0 Å². The number of aryl methyl sites for hydroxylation is 2. The Balaban J connectivity index is 2.56. The number of ether oxygens (including phenoxy) is 3. The van der Waals surface area contributed by atoms with Crippen LogP contribution in [-0.2, 0) is 26.2 Å². The van der Waals surface area contributed by atoms with Crippen molar-refractivity contribution in [2.75, 3.05) is 13.8 Å². The predicted octanol–water partition coefficient (Wildman–Crippen LogP) is 6.31. The van der Waals surface area contributed by atoms with E-state index in [-0.39, 0.29) is 18.3 Å². The average molecular weight is 470 g/mol. The standard InChI is InChI=1S/C27H39N3O4/c1-10-18(3)34-26(31)33-17-32-25(24-19(4)20(5)29-30(24)11-2)23(16-28-9)21-12-14-22(15-13-21)27(6,7)8/h12-16,18H,10-11,17H2,1-9H3/b25-23-,28-16-. The van der Waals surface area contributed by atoms with Crippen molar-refractivity contribution >= 4 is 23.7 Å². The van der Waals surface area contributed by atoms with Crippen molar-refractivity contribution in [1.29, 1.82) is 0 Å². The molecule has 1 aromatic heterocycles. The maximum atomic E-state index is 12.0. The second-order valence-electron chi connectivity index (χ2n) is 9.33. The minimum atomic E-state index is -0.758. The highest BCUT2D eigenvalue weighted by Crippen LogP contribution is 2.31. The molecule has 186 valence electrons. The van der Waals surface area contributed by atoms with Crippen LogP contribution in [0.15, 0.2) is 29.3 Å². The highest BCUT2D eigenvalue weighted by atomic mass is 16.8. The Labute approximate surface area is 203 Å². The second kappa shape index (κ2) is 11.9. The Bertz CT molecular complexity index is 1030. The van der Waals surface area contributed by atoms with E-state index in [2.05, 4.69) is 55.1 Å². The molecule has 0 aliphatic heterocycles. The van der Waals surface area contributed by atoms with Crippen LogP contribution in [0.2, 0.25) is 0 Å². The van der Waals surface area contributed by atoms with Crippen molar-refractivity contribution in [3.63, 3.8) is 0 Å². The molecule has 1 heterocycles. The molecule has 2 rings (SSSR count). The lowest BCUT2D eigenvalue weighted by Crippen LogP contribution is -2.17. The van der Waals surface area contributed by atoms with Crippen LogP contribution in [-0.4, -0.2) is 42.1 Å². The van der Waals surface area contributed by atoms with Gasteiger partial charge in [0.1, 0.15) is 11.8 Å². The molecule has 0 spiro atoms. The van der Waals surface area contributed by atoms with Gasteiger partial charge in [-0.15, -0.1) is 0 Å². The molecule has 0 aliphatic rings. The number of carbonyl (C=O) groups excluding carboxylic acids is 1. The molecule has 34 heavy (non-hydrogen) atoms. The molecule has 1 aromatic carbocycles. The van der Waals surface area contributed by atoms with Crippen molar-refractivity contribution < 1.29 is 19.0 Å². The number of hydrogen-bond acceptors (Lipinski definition) is 6. The molecule has 0 saturated heterocycles. The molecule has 0 radical (unpaired) electrons. The molecule has 0 saturated carbocycles. The first-order valence-corrected chi connectivity index (χ1v) is 11.8. The summed E-state index contributed by atoms with van der Waals surface area (Å²) in [6.07, 6.45) is 1.49. The summed E-state index contributed by atoms with van der Waals surface area (Å²) in [6, 6.07) is 8.36. The molecule has 7 nitrogen and oxygen atoms in total. The van der Waals surface area contributed by atoms with Gasteiger partial charge in [-0.25, -0.2) is 4.79 Å². The van der Waals surface area contributed by atoms with Gasteiger partial charge in [0.15, 0.2) is 5.76 Å². The van der Waals surface area contributed by atoms with Gasteiger partial charge in [0, 0.05) is 30.9 Å². The van der Waals surface area contributed by atoms with E-state index in [0.717, 1.165) is 28.1 Å². The van der Waals surface area contributed by atoms with E-state index in [1.807, 2.05) is 39.3 Å². The van der Waals surface area contributed by atoms with E-state index in [4.69, 9.17) is 14.2 Å². The highest BCUT2D eigenvalue weighted by molar-refractivity contribution is 6.18. The summed E-state index contributed by atoms with van der Waals surface area (Å²) in [7, 11) is 1.72. The Hall–Kier alpha value is -3.09. The third-order valence-electron chi connectivity index (χ3n) is 5.76. The summed E-state index contributed by atoms with van der Waals surface area (Å²) in [5.74, 6) is 0.547. The number of hydrogen-bond donors (Lipinski definition) is 0. The van der Waals surface area contributed by atoms with E-state index in [9.17, 15) is 4.79 Å². The molecule has 0 bridgehead atoms. The molecule has 7 heteroatoms. The topological polar surface area (TPSA) is 74.9 Å². The van der Waals surface area contributed by atoms with Gasteiger partial charge in [0.25, 0.3) is 0 Å². The molecular formula is C27H39N3O4. The Kier molecular flexibility index (Phi) is 9.47. The number of rotatable bonds is 9. The van der Waals surface area contributed by atoms with Gasteiger partial charge < -0.3 is 14.2 Å². The Morgan fingerprint density at radius 2 is 1.79 bits per heavy atom. The van der Waals surface area contributed by atoms with Crippen LogP contribution in [0.4, 0.5) is 4.79 Å². The van der Waals surface area contributed by atoms with E-state index in [1.54, 1.807) is 13.3 Å². The number of aliphatic imine (C=N–C) groups is 1. The lowest BCUT2D eigenvalue weighted by Gasteiger charge is -2.20. The van der Waals surface area contributed by atoms with E-state index < -0.39 is 6.16 Å². The smallest absolute Gasteiger partial charge is 0.454 e. The van der Waals surface area contributed by atoms with Gasteiger partial charge in [0.2, 0.25) is 6.79 Å². The van der Waals surface area contributed by atoms with Crippen molar-refractivity contribution in [2.24, 2.45) is 4.99 Å². The van der Waals surface area contributed by atoms with Crippen LogP contribution in [0.25, 0.3) is 11.3 Å². The fraction of sp³-hybridized carbons (Fsp3) is 0.519. The van der Waals surface area contributed by atoms with Gasteiger partial charge >= 0.3 is 6.16 Å². The van der Waals surface area contributed by atoms with Gasteiger partial charge in [-0.1, -0.05) is 52.0 Å². The largest absolute Gasteiger partial charge is 0.511 e. The summed E-state index contributed by atoms with van der Waals surface area (Å²) in [6.45, 7) is 16.7. The number of benzene rings is 1. The fourth-order valence-corrected chi connectivity index (χ4v) is 3.42. The predicted molar refractivity (Wildman–Crippen MR) is 137 cm³/mol. The van der Waals surface area contributed by atoms with Crippen LogP contribution in [0.3, 0.4) is 0 Å². The monoisotopic (exact) mass is 469 g/mol. The van der Waals surface area contributed by atoms with E-state index in [0.29, 0.717) is 18.7 Å². The zero-order valence-corrected chi connectivity index (χ0v) is 22.1. The minimum absolute atomic E-state index is 0.0406. The number of nitrogens with zero attached hydrogens (tertiary/aromatic N) is 3. The summed E-state index contributed by atoms with van der Waals surface area (Å²) >= 11 is 0. The highest BCUT2D eigenvalue weighted by Gasteiger charge is 2.22. The lowest BCUT2D eigenvalue weighted by atomic mass is 9.86. The fourth-order valence-electron chi connectivity index (χ4n) is 3.42. The normalized spacial score (nSPS) is 13.6. The van der Waals surface area contributed by atoms with Gasteiger partial charge in [-0.2, -0.15) is 5.10 Å². The summed E-state index contributed by atoms with van der Waals surface area (Å²) in [5.41, 5.74) is 5.72. The third-order valence-corrected chi connectivity index (χ3v) is 5.76. The molecule has 0 N–H and O–H groups in total. The quantitative estimate of drug-likeness (QED) is 0.186. The first-order chi connectivity index (χ1) is 16.0. The van der Waals surface area contributed by atoms with Crippen molar-refractivity contribution in [3.8, 4) is 0 Å². The SMILES string of the molecule is CCC(C)OC(=O)OCO/C(=C(/C=N\C)c1ccc(C(C)(C)C)cc1)c1c(C)c(C)nn1CC. The van der Waals surface area contributed by atoms with Crippen LogP contribution in [0.1, 0.15) is 76.0 Å². The van der Waals surface area contributed by atoms with E-state index in [1.165, 1.54) is 5.56 Å². The maximum Gasteiger partial charge on any atom is 0.511 e. The number of carbonyl (C=O) groups is 1. The molecule has 1 unspecified atom stereocenters. The van der Waals surface area contributed by atoms with E-state index >= 15 is 0 Å². The number of allylic oxidation sites excluding steroid dienone is 1. The molecular weight excluding hydrogens is 430 g/mol. The summed E-state index contributed by atoms with van der Waals surface area (Å²) in [4.78, 5) is 16.3. The molecule has 0 amide bonds. The molecule has 2 aromatic rings. The minimum Gasteiger partial charge on any atom is -0.454 e. The van der Waals surface area contributed by atoms with Gasteiger partial charge in [-0.05, 0) is 50.7 Å². The maximum absolute atomic E-state index is 12.0. The molecule has 0 fully saturated rings. The number of aromatic nitrogens is 2. The third kappa shape index (κ3) is 6.72. The van der Waals surface area contributed by atoms with Crippen molar-refractivity contribution in [3.05, 3.63) is 52.3 Å². The summed E-state index contributed by atoms with van der Waals surface area (Å²) in [5, 5.41) is 4.65. The van der Waals surface area contributed by atoms with Gasteiger partial charge in [0.05, 0.1) is 5.69 Å².